The number of aromatic nitrogens is 2. The molecular weight excluding hydrogens is 291 g/mol. The van der Waals surface area contributed by atoms with E-state index in [0.29, 0.717) is 12.0 Å². The van der Waals surface area contributed by atoms with Gasteiger partial charge < -0.3 is 0 Å². The molecule has 0 fully saturated rings. The molecule has 0 saturated heterocycles. The summed E-state index contributed by atoms with van der Waals surface area (Å²) in [4.78, 5) is 12.3. The smallest absolute Gasteiger partial charge is 0.267 e. The van der Waals surface area contributed by atoms with Crippen LogP contribution < -0.4 is 5.56 Å². The van der Waals surface area contributed by atoms with E-state index in [2.05, 4.69) is 5.10 Å². The lowest BCUT2D eigenvalue weighted by Gasteiger charge is -2.11. The predicted molar refractivity (Wildman–Crippen MR) is 88.8 cm³/mol. The Balaban J connectivity index is 2.08. The van der Waals surface area contributed by atoms with Crippen LogP contribution in [0.2, 0.25) is 0 Å². The molecule has 0 aliphatic heterocycles. The van der Waals surface area contributed by atoms with Crippen LogP contribution in [-0.4, -0.2) is 9.78 Å². The van der Waals surface area contributed by atoms with Crippen molar-refractivity contribution in [1.29, 1.82) is 0 Å². The number of hydrogen-bond acceptors (Lipinski definition) is 2. The van der Waals surface area contributed by atoms with E-state index in [0.717, 1.165) is 16.8 Å². The maximum atomic E-state index is 13.8. The molecule has 3 rings (SSSR count). The number of nitrogens with zero attached hydrogens (tertiary/aromatic N) is 2. The van der Waals surface area contributed by atoms with Gasteiger partial charge in [0.1, 0.15) is 5.82 Å². The average molecular weight is 308 g/mol. The molecule has 0 atom stereocenters. The monoisotopic (exact) mass is 308 g/mol. The van der Waals surface area contributed by atoms with Gasteiger partial charge in [0, 0.05) is 17.2 Å². The van der Waals surface area contributed by atoms with Crippen molar-refractivity contribution in [2.45, 2.75) is 19.9 Å². The number of rotatable bonds is 4. The second-order valence-corrected chi connectivity index (χ2v) is 5.33. The van der Waals surface area contributed by atoms with Crippen LogP contribution in [0.25, 0.3) is 11.3 Å². The van der Waals surface area contributed by atoms with Gasteiger partial charge in [-0.1, -0.05) is 55.5 Å². The molecule has 23 heavy (non-hydrogen) atoms. The van der Waals surface area contributed by atoms with Crippen LogP contribution in [0.4, 0.5) is 4.39 Å². The zero-order valence-electron chi connectivity index (χ0n) is 12.9. The first-order valence-electron chi connectivity index (χ1n) is 7.59. The first kappa shape index (κ1) is 15.2. The molecule has 3 aromatic rings. The van der Waals surface area contributed by atoms with Gasteiger partial charge in [-0.25, -0.2) is 9.07 Å². The fourth-order valence-electron chi connectivity index (χ4n) is 2.54. The fourth-order valence-corrected chi connectivity index (χ4v) is 2.54. The third-order valence-electron chi connectivity index (χ3n) is 3.78. The van der Waals surface area contributed by atoms with Crippen molar-refractivity contribution in [3.05, 3.63) is 88.0 Å². The van der Waals surface area contributed by atoms with Crippen molar-refractivity contribution >= 4 is 0 Å². The van der Waals surface area contributed by atoms with Crippen molar-refractivity contribution in [3.8, 4) is 11.3 Å². The van der Waals surface area contributed by atoms with Crippen molar-refractivity contribution in [1.82, 2.24) is 9.78 Å². The second kappa shape index (κ2) is 6.57. The van der Waals surface area contributed by atoms with Gasteiger partial charge in [0.15, 0.2) is 0 Å². The molecular formula is C19H17FN2O. The molecule has 3 nitrogen and oxygen atoms in total. The molecule has 0 amide bonds. The highest BCUT2D eigenvalue weighted by Gasteiger charge is 2.11. The van der Waals surface area contributed by atoms with Gasteiger partial charge in [0.05, 0.1) is 12.2 Å². The van der Waals surface area contributed by atoms with Crippen LogP contribution in [0.1, 0.15) is 18.1 Å². The van der Waals surface area contributed by atoms with Crippen molar-refractivity contribution in [2.24, 2.45) is 0 Å². The quantitative estimate of drug-likeness (QED) is 0.737. The molecule has 0 unspecified atom stereocenters. The summed E-state index contributed by atoms with van der Waals surface area (Å²) in [7, 11) is 0. The second-order valence-electron chi connectivity index (χ2n) is 5.33. The van der Waals surface area contributed by atoms with Crippen LogP contribution in [0.3, 0.4) is 0 Å². The summed E-state index contributed by atoms with van der Waals surface area (Å²) in [5, 5.41) is 4.49. The van der Waals surface area contributed by atoms with Crippen LogP contribution >= 0.6 is 0 Å². The SMILES string of the molecule is CCc1cc(=O)n(Cc2ccccc2F)nc1-c1ccccc1. The molecule has 0 spiro atoms. The van der Waals surface area contributed by atoms with E-state index in [9.17, 15) is 9.18 Å². The van der Waals surface area contributed by atoms with Crippen LogP contribution in [0.15, 0.2) is 65.5 Å². The maximum absolute atomic E-state index is 13.8. The first-order valence-corrected chi connectivity index (χ1v) is 7.59. The Morgan fingerprint density at radius 1 is 1.00 bits per heavy atom. The molecule has 1 aromatic heterocycles. The van der Waals surface area contributed by atoms with Gasteiger partial charge in [0.25, 0.3) is 5.56 Å². The predicted octanol–water partition coefficient (Wildman–Crippen LogP) is 3.66. The topological polar surface area (TPSA) is 34.9 Å². The Morgan fingerprint density at radius 2 is 1.70 bits per heavy atom. The van der Waals surface area contributed by atoms with E-state index in [1.54, 1.807) is 24.3 Å². The Morgan fingerprint density at radius 3 is 2.39 bits per heavy atom. The minimum Gasteiger partial charge on any atom is -0.268 e. The van der Waals surface area contributed by atoms with Gasteiger partial charge in [-0.15, -0.1) is 0 Å². The largest absolute Gasteiger partial charge is 0.268 e. The molecule has 4 heteroatoms. The summed E-state index contributed by atoms with van der Waals surface area (Å²) >= 11 is 0. The molecule has 116 valence electrons. The van der Waals surface area contributed by atoms with E-state index < -0.39 is 0 Å². The summed E-state index contributed by atoms with van der Waals surface area (Å²) in [6.45, 7) is 2.11. The van der Waals surface area contributed by atoms with E-state index >= 15 is 0 Å². The third-order valence-corrected chi connectivity index (χ3v) is 3.78. The lowest BCUT2D eigenvalue weighted by molar-refractivity contribution is 0.572. The zero-order valence-corrected chi connectivity index (χ0v) is 12.9. The number of benzene rings is 2. The van der Waals surface area contributed by atoms with Crippen LogP contribution in [0.5, 0.6) is 0 Å². The molecule has 0 aliphatic carbocycles. The Kier molecular flexibility index (Phi) is 4.33. The van der Waals surface area contributed by atoms with Crippen LogP contribution in [-0.2, 0) is 13.0 Å². The molecule has 0 radical (unpaired) electrons. The standard InChI is InChI=1S/C19H17FN2O/c1-2-14-12-18(23)22(13-16-10-6-7-11-17(16)20)21-19(14)15-8-4-3-5-9-15/h3-12H,2,13H2,1H3. The summed E-state index contributed by atoms with van der Waals surface area (Å²) in [5.74, 6) is -0.331. The normalized spacial score (nSPS) is 10.7. The van der Waals surface area contributed by atoms with Gasteiger partial charge in [-0.05, 0) is 18.1 Å². The van der Waals surface area contributed by atoms with Gasteiger partial charge in [-0.2, -0.15) is 5.10 Å². The van der Waals surface area contributed by atoms with E-state index in [1.807, 2.05) is 37.3 Å². The molecule has 0 aliphatic rings. The Hall–Kier alpha value is -2.75. The highest BCUT2D eigenvalue weighted by atomic mass is 19.1. The van der Waals surface area contributed by atoms with E-state index in [-0.39, 0.29) is 17.9 Å². The molecule has 0 N–H and O–H groups in total. The maximum Gasteiger partial charge on any atom is 0.267 e. The number of halogens is 1. The number of aryl methyl sites for hydroxylation is 1. The van der Waals surface area contributed by atoms with Gasteiger partial charge in [0.2, 0.25) is 0 Å². The highest BCUT2D eigenvalue weighted by Crippen LogP contribution is 2.20. The average Bonchev–Trinajstić information content (AvgIpc) is 2.59. The number of hydrogen-bond donors (Lipinski definition) is 0. The van der Waals surface area contributed by atoms with Crippen LogP contribution in [0, 0.1) is 5.82 Å². The first-order chi connectivity index (χ1) is 11.2. The zero-order chi connectivity index (χ0) is 16.2. The highest BCUT2D eigenvalue weighted by molar-refractivity contribution is 5.62. The molecule has 0 bridgehead atoms. The summed E-state index contributed by atoms with van der Waals surface area (Å²) < 4.78 is 15.2. The van der Waals surface area contributed by atoms with Gasteiger partial charge >= 0.3 is 0 Å². The lowest BCUT2D eigenvalue weighted by Crippen LogP contribution is -2.25. The summed E-state index contributed by atoms with van der Waals surface area (Å²) in [6, 6.07) is 17.7. The summed E-state index contributed by atoms with van der Waals surface area (Å²) in [5.41, 5.74) is 2.84. The Labute approximate surface area is 134 Å². The minimum absolute atomic E-state index is 0.120. The molecule has 0 saturated carbocycles. The third kappa shape index (κ3) is 3.21. The van der Waals surface area contributed by atoms with Gasteiger partial charge in [-0.3, -0.25) is 4.79 Å². The summed E-state index contributed by atoms with van der Waals surface area (Å²) in [6.07, 6.45) is 0.715. The van der Waals surface area contributed by atoms with E-state index in [4.69, 9.17) is 0 Å². The Bertz CT molecular complexity index is 872. The van der Waals surface area contributed by atoms with Crippen molar-refractivity contribution in [3.63, 3.8) is 0 Å². The fraction of sp³-hybridized carbons (Fsp3) is 0.158. The van der Waals surface area contributed by atoms with Crippen molar-refractivity contribution in [2.75, 3.05) is 0 Å². The molecule has 2 aromatic carbocycles. The minimum atomic E-state index is -0.331. The molecule has 1 heterocycles. The lowest BCUT2D eigenvalue weighted by atomic mass is 10.1. The van der Waals surface area contributed by atoms with Crippen molar-refractivity contribution < 1.29 is 4.39 Å². The van der Waals surface area contributed by atoms with E-state index in [1.165, 1.54) is 10.7 Å².